The molecule has 0 aromatic carbocycles. The standard InChI is InChI=1S/C28H47N5/c1-8-9-17-24-32-25-26(22(2)16-12-10-13-19-31-27(25)29-7)33(24)20-15-11-14-18-30-23(3)21-28(4,5)6/h13,16,19,30H,3,8-12,14-15,17-18,20-21H2,1-2,4-7H3,(H,29,31)/b19-13+,22-16+. The molecule has 1 aliphatic rings. The molecule has 1 aliphatic heterocycles. The van der Waals surface area contributed by atoms with Crippen LogP contribution in [0.25, 0.3) is 5.57 Å². The molecular weight excluding hydrogens is 406 g/mol. The van der Waals surface area contributed by atoms with E-state index in [1.807, 2.05) is 13.2 Å². The summed E-state index contributed by atoms with van der Waals surface area (Å²) < 4.78 is 2.47. The number of hydrogen-bond donors (Lipinski definition) is 2. The molecule has 33 heavy (non-hydrogen) atoms. The minimum absolute atomic E-state index is 0.283. The van der Waals surface area contributed by atoms with Crippen molar-refractivity contribution in [3.05, 3.63) is 47.8 Å². The molecule has 0 saturated carbocycles. The fourth-order valence-electron chi connectivity index (χ4n) is 4.32. The summed E-state index contributed by atoms with van der Waals surface area (Å²) in [6, 6.07) is 0. The molecule has 2 heterocycles. The average molecular weight is 454 g/mol. The van der Waals surface area contributed by atoms with Crippen molar-refractivity contribution in [2.45, 2.75) is 99.0 Å². The Hall–Kier alpha value is -2.30. The molecule has 1 aromatic rings. The van der Waals surface area contributed by atoms with E-state index in [-0.39, 0.29) is 5.41 Å². The van der Waals surface area contributed by atoms with Gasteiger partial charge in [0.15, 0.2) is 5.84 Å². The van der Waals surface area contributed by atoms with Crippen molar-refractivity contribution in [3.8, 4) is 0 Å². The number of rotatable bonds is 11. The molecular formula is C28H47N5. The fraction of sp³-hybridized carbons (Fsp3) is 0.643. The number of nitrogens with zero attached hydrogens (tertiary/aromatic N) is 3. The van der Waals surface area contributed by atoms with Crippen LogP contribution in [0, 0.1) is 5.41 Å². The SMILES string of the molecule is C=C(CC(C)(C)C)NCCCCCn1c(CCCC)nc2c1/C(C)=C/CC/C=C/NC2=NC. The summed E-state index contributed by atoms with van der Waals surface area (Å²) in [6.45, 7) is 17.4. The van der Waals surface area contributed by atoms with Gasteiger partial charge in [0.05, 0.1) is 5.69 Å². The van der Waals surface area contributed by atoms with Gasteiger partial charge in [-0.05, 0) is 69.1 Å². The van der Waals surface area contributed by atoms with E-state index in [1.165, 1.54) is 29.9 Å². The van der Waals surface area contributed by atoms with Gasteiger partial charge >= 0.3 is 0 Å². The molecule has 1 aromatic heterocycles. The van der Waals surface area contributed by atoms with Gasteiger partial charge in [-0.1, -0.05) is 52.8 Å². The molecule has 0 spiro atoms. The molecule has 2 N–H and O–H groups in total. The van der Waals surface area contributed by atoms with Gasteiger partial charge in [0.2, 0.25) is 0 Å². The second-order valence-corrected chi connectivity index (χ2v) is 10.4. The van der Waals surface area contributed by atoms with E-state index in [4.69, 9.17) is 4.98 Å². The Balaban J connectivity index is 2.11. The maximum absolute atomic E-state index is 5.11. The first-order valence-electron chi connectivity index (χ1n) is 12.8. The molecule has 0 atom stereocenters. The number of aromatic nitrogens is 2. The van der Waals surface area contributed by atoms with Crippen molar-refractivity contribution in [2.24, 2.45) is 10.4 Å². The Morgan fingerprint density at radius 1 is 1.21 bits per heavy atom. The van der Waals surface area contributed by atoms with Crippen molar-refractivity contribution in [2.75, 3.05) is 13.6 Å². The van der Waals surface area contributed by atoms with E-state index in [1.54, 1.807) is 0 Å². The number of aryl methyl sites for hydroxylation is 1. The van der Waals surface area contributed by atoms with Gasteiger partial charge in [0, 0.05) is 32.3 Å². The summed E-state index contributed by atoms with van der Waals surface area (Å²) in [5.41, 5.74) is 4.97. The Labute approximate surface area is 202 Å². The second-order valence-electron chi connectivity index (χ2n) is 10.4. The van der Waals surface area contributed by atoms with Gasteiger partial charge in [-0.25, -0.2) is 4.98 Å². The van der Waals surface area contributed by atoms with Crippen molar-refractivity contribution in [1.82, 2.24) is 20.2 Å². The summed E-state index contributed by atoms with van der Waals surface area (Å²) >= 11 is 0. The fourth-order valence-corrected chi connectivity index (χ4v) is 4.32. The molecule has 0 aliphatic carbocycles. The lowest BCUT2D eigenvalue weighted by atomic mass is 9.91. The van der Waals surface area contributed by atoms with Crippen LogP contribution >= 0.6 is 0 Å². The topological polar surface area (TPSA) is 54.2 Å². The van der Waals surface area contributed by atoms with E-state index < -0.39 is 0 Å². The average Bonchev–Trinajstić information content (AvgIpc) is 3.10. The van der Waals surface area contributed by atoms with Gasteiger partial charge in [-0.15, -0.1) is 0 Å². The zero-order valence-corrected chi connectivity index (χ0v) is 22.1. The van der Waals surface area contributed by atoms with Crippen LogP contribution in [0.4, 0.5) is 0 Å². The van der Waals surface area contributed by atoms with Crippen LogP contribution in [0.3, 0.4) is 0 Å². The highest BCUT2D eigenvalue weighted by atomic mass is 15.1. The van der Waals surface area contributed by atoms with Gasteiger partial charge in [-0.2, -0.15) is 0 Å². The first-order valence-corrected chi connectivity index (χ1v) is 12.8. The molecule has 184 valence electrons. The van der Waals surface area contributed by atoms with Crippen molar-refractivity contribution < 1.29 is 0 Å². The lowest BCUT2D eigenvalue weighted by Gasteiger charge is -2.20. The number of imidazole rings is 1. The van der Waals surface area contributed by atoms with E-state index in [0.717, 1.165) is 75.3 Å². The molecule has 2 rings (SSSR count). The first-order chi connectivity index (χ1) is 15.8. The largest absolute Gasteiger partial charge is 0.389 e. The summed E-state index contributed by atoms with van der Waals surface area (Å²) in [7, 11) is 1.84. The van der Waals surface area contributed by atoms with E-state index in [2.05, 4.69) is 73.5 Å². The molecule has 0 fully saturated rings. The normalized spacial score (nSPS) is 18.2. The first kappa shape index (κ1) is 26.9. The van der Waals surface area contributed by atoms with Crippen molar-refractivity contribution in [1.29, 1.82) is 0 Å². The Morgan fingerprint density at radius 3 is 2.70 bits per heavy atom. The lowest BCUT2D eigenvalue weighted by Crippen LogP contribution is -2.21. The number of fused-ring (bicyclic) bond motifs is 1. The van der Waals surface area contributed by atoms with Crippen LogP contribution in [0.15, 0.2) is 35.6 Å². The monoisotopic (exact) mass is 453 g/mol. The number of unbranched alkanes of at least 4 members (excludes halogenated alkanes) is 3. The molecule has 0 saturated heterocycles. The third kappa shape index (κ3) is 8.87. The van der Waals surface area contributed by atoms with Gasteiger partial charge in [0.1, 0.15) is 11.5 Å². The number of aliphatic imine (C=N–C) groups is 1. The van der Waals surface area contributed by atoms with E-state index >= 15 is 0 Å². The zero-order chi connectivity index (χ0) is 24.3. The molecule has 0 bridgehead atoms. The molecule has 0 amide bonds. The van der Waals surface area contributed by atoms with Crippen LogP contribution in [-0.2, 0) is 13.0 Å². The smallest absolute Gasteiger partial charge is 0.153 e. The third-order valence-corrected chi connectivity index (χ3v) is 5.92. The quantitative estimate of drug-likeness (QED) is 0.371. The summed E-state index contributed by atoms with van der Waals surface area (Å²) in [6.07, 6.45) is 16.5. The molecule has 5 nitrogen and oxygen atoms in total. The van der Waals surface area contributed by atoms with Gasteiger partial charge in [-0.3, -0.25) is 4.99 Å². The van der Waals surface area contributed by atoms with Crippen molar-refractivity contribution >= 4 is 11.4 Å². The van der Waals surface area contributed by atoms with Crippen LogP contribution in [0.2, 0.25) is 0 Å². The maximum Gasteiger partial charge on any atom is 0.153 e. The highest BCUT2D eigenvalue weighted by Crippen LogP contribution is 2.25. The Morgan fingerprint density at radius 2 is 2.00 bits per heavy atom. The predicted molar refractivity (Wildman–Crippen MR) is 144 cm³/mol. The Bertz CT molecular complexity index is 848. The minimum Gasteiger partial charge on any atom is -0.389 e. The highest BCUT2D eigenvalue weighted by molar-refractivity contribution is 6.01. The number of nitrogens with one attached hydrogen (secondary N) is 2. The third-order valence-electron chi connectivity index (χ3n) is 5.92. The number of allylic oxidation sites excluding steroid dienone is 4. The van der Waals surface area contributed by atoms with Crippen LogP contribution in [0.1, 0.15) is 103 Å². The Kier molecular flexibility index (Phi) is 11.0. The van der Waals surface area contributed by atoms with Crippen LogP contribution < -0.4 is 10.6 Å². The van der Waals surface area contributed by atoms with Crippen LogP contribution in [-0.4, -0.2) is 29.0 Å². The van der Waals surface area contributed by atoms with Crippen molar-refractivity contribution in [3.63, 3.8) is 0 Å². The minimum atomic E-state index is 0.283. The molecule has 0 radical (unpaired) electrons. The lowest BCUT2D eigenvalue weighted by molar-refractivity contribution is 0.397. The van der Waals surface area contributed by atoms with Gasteiger partial charge in [0.25, 0.3) is 0 Å². The van der Waals surface area contributed by atoms with E-state index in [0.29, 0.717) is 0 Å². The zero-order valence-electron chi connectivity index (χ0n) is 22.1. The highest BCUT2D eigenvalue weighted by Gasteiger charge is 2.21. The summed E-state index contributed by atoms with van der Waals surface area (Å²) in [5.74, 6) is 2.05. The molecule has 5 heteroatoms. The van der Waals surface area contributed by atoms with E-state index in [9.17, 15) is 0 Å². The number of amidine groups is 1. The predicted octanol–water partition coefficient (Wildman–Crippen LogP) is 6.61. The summed E-state index contributed by atoms with van der Waals surface area (Å²) in [5, 5.41) is 6.89. The number of hydrogen-bond acceptors (Lipinski definition) is 3. The van der Waals surface area contributed by atoms with Crippen LogP contribution in [0.5, 0.6) is 0 Å². The maximum atomic E-state index is 5.11. The molecule has 0 unspecified atom stereocenters. The van der Waals surface area contributed by atoms with Gasteiger partial charge < -0.3 is 15.2 Å². The second kappa shape index (κ2) is 13.4. The summed E-state index contributed by atoms with van der Waals surface area (Å²) in [4.78, 5) is 9.64.